The summed E-state index contributed by atoms with van der Waals surface area (Å²) in [6.45, 7) is 5.75. The van der Waals surface area contributed by atoms with Crippen LogP contribution in [0.4, 0.5) is 0 Å². The zero-order valence-electron chi connectivity index (χ0n) is 7.94. The molecular weight excluding hydrogens is 249 g/mol. The third-order valence-corrected chi connectivity index (χ3v) is 2.79. The molecular formula is C9H20IN. The van der Waals surface area contributed by atoms with Gasteiger partial charge in [0, 0.05) is 6.04 Å². The summed E-state index contributed by atoms with van der Waals surface area (Å²) in [6, 6.07) is 0.703. The van der Waals surface area contributed by atoms with Crippen LogP contribution < -0.4 is 0 Å². The molecule has 0 bridgehead atoms. The molecule has 0 aromatic carbocycles. The first-order valence-electron chi connectivity index (χ1n) is 4.44. The molecule has 0 atom stereocenters. The van der Waals surface area contributed by atoms with Crippen molar-refractivity contribution in [3.05, 3.63) is 0 Å². The number of hydrogen-bond acceptors (Lipinski definition) is 1. The molecule has 0 N–H and O–H groups in total. The lowest BCUT2D eigenvalue weighted by atomic mass is 10.2. The Morgan fingerprint density at radius 2 is 1.82 bits per heavy atom. The molecule has 0 aromatic heterocycles. The maximum Gasteiger partial charge on any atom is 0.00355 e. The fourth-order valence-electron chi connectivity index (χ4n) is 0.891. The molecule has 0 amide bonds. The number of unbranched alkanes of at least 4 members (excludes halogenated alkanes) is 2. The van der Waals surface area contributed by atoms with E-state index >= 15 is 0 Å². The van der Waals surface area contributed by atoms with Crippen molar-refractivity contribution in [2.24, 2.45) is 0 Å². The molecule has 0 rings (SSSR count). The second kappa shape index (κ2) is 7.35. The Balaban J connectivity index is 3.10. The number of alkyl halides is 1. The minimum Gasteiger partial charge on any atom is -0.304 e. The first-order valence-corrected chi connectivity index (χ1v) is 5.97. The molecule has 11 heavy (non-hydrogen) atoms. The van der Waals surface area contributed by atoms with Gasteiger partial charge in [-0.05, 0) is 44.7 Å². The molecule has 0 saturated heterocycles. The zero-order chi connectivity index (χ0) is 8.69. The van der Waals surface area contributed by atoms with Crippen molar-refractivity contribution in [1.29, 1.82) is 0 Å². The average Bonchev–Trinajstić information content (AvgIpc) is 1.97. The Hall–Kier alpha value is 0.690. The zero-order valence-corrected chi connectivity index (χ0v) is 10.1. The van der Waals surface area contributed by atoms with Gasteiger partial charge in [-0.2, -0.15) is 0 Å². The standard InChI is InChI=1S/C9H20IN/c1-9(2)11(3)8-6-4-5-7-10/h9H,4-8H2,1-3H3. The predicted octanol–water partition coefficient (Wildman–Crippen LogP) is 2.93. The van der Waals surface area contributed by atoms with Crippen molar-refractivity contribution in [2.75, 3.05) is 18.0 Å². The largest absolute Gasteiger partial charge is 0.304 e. The molecule has 0 saturated carbocycles. The summed E-state index contributed by atoms with van der Waals surface area (Å²) in [5.41, 5.74) is 0. The minimum atomic E-state index is 0.703. The van der Waals surface area contributed by atoms with Gasteiger partial charge >= 0.3 is 0 Å². The summed E-state index contributed by atoms with van der Waals surface area (Å²) in [5, 5.41) is 0. The van der Waals surface area contributed by atoms with Gasteiger partial charge in [0.1, 0.15) is 0 Å². The Kier molecular flexibility index (Phi) is 7.81. The van der Waals surface area contributed by atoms with E-state index < -0.39 is 0 Å². The highest BCUT2D eigenvalue weighted by Gasteiger charge is 2.00. The molecule has 2 heteroatoms. The van der Waals surface area contributed by atoms with Gasteiger partial charge in [0.25, 0.3) is 0 Å². The molecule has 0 spiro atoms. The maximum absolute atomic E-state index is 2.44. The first kappa shape index (κ1) is 11.7. The van der Waals surface area contributed by atoms with E-state index in [0.29, 0.717) is 6.04 Å². The summed E-state index contributed by atoms with van der Waals surface area (Å²) in [5.74, 6) is 0. The van der Waals surface area contributed by atoms with Crippen LogP contribution in [0.2, 0.25) is 0 Å². The summed E-state index contributed by atoms with van der Waals surface area (Å²) in [7, 11) is 2.20. The van der Waals surface area contributed by atoms with E-state index in [1.54, 1.807) is 0 Å². The third kappa shape index (κ3) is 7.06. The quantitative estimate of drug-likeness (QED) is 0.407. The Morgan fingerprint density at radius 1 is 1.18 bits per heavy atom. The van der Waals surface area contributed by atoms with Gasteiger partial charge in [0.2, 0.25) is 0 Å². The van der Waals surface area contributed by atoms with Gasteiger partial charge in [-0.1, -0.05) is 29.0 Å². The summed E-state index contributed by atoms with van der Waals surface area (Å²) in [4.78, 5) is 2.41. The number of hydrogen-bond donors (Lipinski definition) is 0. The molecule has 1 nitrogen and oxygen atoms in total. The molecule has 0 aliphatic carbocycles. The van der Waals surface area contributed by atoms with Crippen LogP contribution in [-0.2, 0) is 0 Å². The maximum atomic E-state index is 2.44. The van der Waals surface area contributed by atoms with Gasteiger partial charge in [0.05, 0.1) is 0 Å². The summed E-state index contributed by atoms with van der Waals surface area (Å²) >= 11 is 2.44. The number of halogens is 1. The number of rotatable bonds is 6. The molecule has 0 aromatic rings. The van der Waals surface area contributed by atoms with Crippen LogP contribution in [0.1, 0.15) is 33.1 Å². The molecule has 68 valence electrons. The molecule has 0 aliphatic heterocycles. The summed E-state index contributed by atoms with van der Waals surface area (Å²) in [6.07, 6.45) is 4.13. The van der Waals surface area contributed by atoms with E-state index in [1.165, 1.54) is 30.2 Å². The van der Waals surface area contributed by atoms with Gasteiger partial charge in [0.15, 0.2) is 0 Å². The van der Waals surface area contributed by atoms with Gasteiger partial charge in [-0.15, -0.1) is 0 Å². The molecule has 0 heterocycles. The SMILES string of the molecule is CC(C)N(C)CCCCCI. The average molecular weight is 269 g/mol. The lowest BCUT2D eigenvalue weighted by Crippen LogP contribution is -2.27. The lowest BCUT2D eigenvalue weighted by Gasteiger charge is -2.20. The predicted molar refractivity (Wildman–Crippen MR) is 60.5 cm³/mol. The van der Waals surface area contributed by atoms with Crippen molar-refractivity contribution in [2.45, 2.75) is 39.2 Å². The fourth-order valence-corrected chi connectivity index (χ4v) is 1.43. The Labute approximate surface area is 84.7 Å². The van der Waals surface area contributed by atoms with Crippen molar-refractivity contribution >= 4 is 22.6 Å². The van der Waals surface area contributed by atoms with Gasteiger partial charge < -0.3 is 4.90 Å². The van der Waals surface area contributed by atoms with Crippen LogP contribution in [-0.4, -0.2) is 29.0 Å². The van der Waals surface area contributed by atoms with Crippen molar-refractivity contribution in [3.63, 3.8) is 0 Å². The second-order valence-corrected chi connectivity index (χ2v) is 4.40. The molecule has 0 aliphatic rings. The van der Waals surface area contributed by atoms with E-state index in [2.05, 4.69) is 48.4 Å². The third-order valence-electron chi connectivity index (χ3n) is 2.03. The van der Waals surface area contributed by atoms with E-state index in [1.807, 2.05) is 0 Å². The van der Waals surface area contributed by atoms with Gasteiger partial charge in [-0.3, -0.25) is 0 Å². The fraction of sp³-hybridized carbons (Fsp3) is 1.00. The smallest absolute Gasteiger partial charge is 0.00355 e. The van der Waals surface area contributed by atoms with Crippen LogP contribution in [0, 0.1) is 0 Å². The first-order chi connectivity index (χ1) is 5.18. The van der Waals surface area contributed by atoms with E-state index in [4.69, 9.17) is 0 Å². The van der Waals surface area contributed by atoms with Crippen LogP contribution in [0.25, 0.3) is 0 Å². The van der Waals surface area contributed by atoms with Crippen LogP contribution in [0.15, 0.2) is 0 Å². The highest BCUT2D eigenvalue weighted by Crippen LogP contribution is 2.02. The van der Waals surface area contributed by atoms with E-state index in [9.17, 15) is 0 Å². The van der Waals surface area contributed by atoms with Crippen molar-refractivity contribution in [3.8, 4) is 0 Å². The van der Waals surface area contributed by atoms with E-state index in [-0.39, 0.29) is 0 Å². The van der Waals surface area contributed by atoms with Crippen LogP contribution in [0.3, 0.4) is 0 Å². The monoisotopic (exact) mass is 269 g/mol. The van der Waals surface area contributed by atoms with E-state index in [0.717, 1.165) is 0 Å². The normalized spacial score (nSPS) is 11.5. The Morgan fingerprint density at radius 3 is 2.27 bits per heavy atom. The van der Waals surface area contributed by atoms with Crippen LogP contribution >= 0.6 is 22.6 Å². The summed E-state index contributed by atoms with van der Waals surface area (Å²) < 4.78 is 1.31. The second-order valence-electron chi connectivity index (χ2n) is 3.32. The van der Waals surface area contributed by atoms with Gasteiger partial charge in [-0.25, -0.2) is 0 Å². The van der Waals surface area contributed by atoms with Crippen molar-refractivity contribution < 1.29 is 0 Å². The lowest BCUT2D eigenvalue weighted by molar-refractivity contribution is 0.268. The minimum absolute atomic E-state index is 0.703. The highest BCUT2D eigenvalue weighted by atomic mass is 127. The Bertz CT molecular complexity index is 83.6. The molecule has 0 fully saturated rings. The number of nitrogens with zero attached hydrogens (tertiary/aromatic N) is 1. The molecule has 0 radical (unpaired) electrons. The highest BCUT2D eigenvalue weighted by molar-refractivity contribution is 14.1. The van der Waals surface area contributed by atoms with Crippen molar-refractivity contribution in [1.82, 2.24) is 4.90 Å². The molecule has 0 unspecified atom stereocenters. The van der Waals surface area contributed by atoms with Crippen LogP contribution in [0.5, 0.6) is 0 Å². The topological polar surface area (TPSA) is 3.24 Å².